The highest BCUT2D eigenvalue weighted by atomic mass is 32.1. The third-order valence-electron chi connectivity index (χ3n) is 6.30. The average Bonchev–Trinajstić information content (AvgIpc) is 3.30. The Morgan fingerprint density at radius 1 is 1.13 bits per heavy atom. The second-order valence-electron chi connectivity index (χ2n) is 8.16. The maximum Gasteiger partial charge on any atom is 0.325 e. The standard InChI is InChI=1S/C20H24N6O3S/c27-15(13-26-17(28)20(23-18(26)29)6-2-1-3-7-20)24-9-11-25(12-10-24)19-22-14-5-4-8-21-16(14)30-19/h4-5,8H,1-3,6-7,9-13H2,(H,23,29). The number of piperazine rings is 1. The molecular formula is C20H24N6O3S. The third kappa shape index (κ3) is 3.28. The van der Waals surface area contributed by atoms with Crippen LogP contribution in [0.15, 0.2) is 18.3 Å². The van der Waals surface area contributed by atoms with Gasteiger partial charge in [0.05, 0.1) is 0 Å². The molecule has 30 heavy (non-hydrogen) atoms. The summed E-state index contributed by atoms with van der Waals surface area (Å²) in [5, 5.41) is 3.77. The second-order valence-corrected chi connectivity index (χ2v) is 9.11. The van der Waals surface area contributed by atoms with E-state index in [4.69, 9.17) is 0 Å². The first-order valence-corrected chi connectivity index (χ1v) is 11.3. The maximum atomic E-state index is 12.9. The number of carbonyl (C=O) groups is 3. The molecule has 0 atom stereocenters. The normalized spacial score (nSPS) is 21.5. The Labute approximate surface area is 178 Å². The predicted octanol–water partition coefficient (Wildman–Crippen LogP) is 1.59. The highest BCUT2D eigenvalue weighted by molar-refractivity contribution is 7.21. The Bertz CT molecular complexity index is 960. The van der Waals surface area contributed by atoms with Gasteiger partial charge in [-0.05, 0) is 25.0 Å². The first-order valence-electron chi connectivity index (χ1n) is 10.4. The summed E-state index contributed by atoms with van der Waals surface area (Å²) in [5.74, 6) is -0.418. The molecule has 0 bridgehead atoms. The number of nitrogens with one attached hydrogen (secondary N) is 1. The number of nitrogens with zero attached hydrogens (tertiary/aromatic N) is 5. The van der Waals surface area contributed by atoms with E-state index < -0.39 is 11.6 Å². The quantitative estimate of drug-likeness (QED) is 0.746. The second kappa shape index (κ2) is 7.50. The van der Waals surface area contributed by atoms with Crippen molar-refractivity contribution >= 4 is 44.7 Å². The summed E-state index contributed by atoms with van der Waals surface area (Å²) in [6, 6.07) is 3.38. The van der Waals surface area contributed by atoms with Crippen LogP contribution in [0.1, 0.15) is 32.1 Å². The van der Waals surface area contributed by atoms with Gasteiger partial charge >= 0.3 is 6.03 Å². The van der Waals surface area contributed by atoms with Crippen molar-refractivity contribution in [3.8, 4) is 0 Å². The molecule has 2 aliphatic heterocycles. The Morgan fingerprint density at radius 3 is 2.63 bits per heavy atom. The topological polar surface area (TPSA) is 98.7 Å². The first-order chi connectivity index (χ1) is 14.6. The number of rotatable bonds is 3. The van der Waals surface area contributed by atoms with Gasteiger partial charge in [-0.25, -0.2) is 14.8 Å². The monoisotopic (exact) mass is 428 g/mol. The highest BCUT2D eigenvalue weighted by Crippen LogP contribution is 2.33. The molecule has 4 amide bonds. The lowest BCUT2D eigenvalue weighted by molar-refractivity contribution is -0.139. The molecule has 0 radical (unpaired) electrons. The van der Waals surface area contributed by atoms with Gasteiger partial charge in [-0.15, -0.1) is 0 Å². The van der Waals surface area contributed by atoms with Crippen molar-refractivity contribution in [1.82, 2.24) is 25.1 Å². The van der Waals surface area contributed by atoms with Crippen LogP contribution in [0.25, 0.3) is 10.3 Å². The number of carbonyl (C=O) groups excluding carboxylic acids is 3. The number of anilines is 1. The summed E-state index contributed by atoms with van der Waals surface area (Å²) in [5.41, 5.74) is 0.0982. The Morgan fingerprint density at radius 2 is 1.90 bits per heavy atom. The fourth-order valence-corrected chi connectivity index (χ4v) is 5.55. The van der Waals surface area contributed by atoms with Crippen molar-refractivity contribution < 1.29 is 14.4 Å². The molecule has 0 unspecified atom stereocenters. The van der Waals surface area contributed by atoms with Crippen LogP contribution in [0, 0.1) is 0 Å². The molecule has 158 valence electrons. The lowest BCUT2D eigenvalue weighted by Crippen LogP contribution is -2.52. The lowest BCUT2D eigenvalue weighted by Gasteiger charge is -2.35. The fraction of sp³-hybridized carbons (Fsp3) is 0.550. The van der Waals surface area contributed by atoms with Gasteiger partial charge in [0.1, 0.15) is 22.4 Å². The Balaban J connectivity index is 1.20. The number of aromatic nitrogens is 2. The molecule has 1 aliphatic carbocycles. The lowest BCUT2D eigenvalue weighted by atomic mass is 9.82. The summed E-state index contributed by atoms with van der Waals surface area (Å²) in [7, 11) is 0. The molecule has 10 heteroatoms. The number of imide groups is 1. The number of fused-ring (bicyclic) bond motifs is 1. The maximum absolute atomic E-state index is 12.9. The molecule has 5 rings (SSSR count). The smallest absolute Gasteiger partial charge is 0.325 e. The molecule has 1 N–H and O–H groups in total. The van der Waals surface area contributed by atoms with Crippen LogP contribution in [0.4, 0.5) is 9.93 Å². The molecule has 3 aliphatic rings. The highest BCUT2D eigenvalue weighted by Gasteiger charge is 2.51. The molecule has 9 nitrogen and oxygen atoms in total. The van der Waals surface area contributed by atoms with Gasteiger partial charge in [-0.1, -0.05) is 30.6 Å². The first kappa shape index (κ1) is 19.2. The van der Waals surface area contributed by atoms with E-state index in [9.17, 15) is 14.4 Å². The van der Waals surface area contributed by atoms with E-state index in [1.54, 1.807) is 22.4 Å². The third-order valence-corrected chi connectivity index (χ3v) is 7.34. The van der Waals surface area contributed by atoms with Crippen molar-refractivity contribution in [2.45, 2.75) is 37.6 Å². The van der Waals surface area contributed by atoms with Gasteiger partial charge in [0.25, 0.3) is 5.91 Å². The van der Waals surface area contributed by atoms with Crippen molar-refractivity contribution in [3.63, 3.8) is 0 Å². The van der Waals surface area contributed by atoms with Crippen LogP contribution < -0.4 is 10.2 Å². The van der Waals surface area contributed by atoms with Crippen LogP contribution in [0.3, 0.4) is 0 Å². The number of hydrogen-bond donors (Lipinski definition) is 1. The van der Waals surface area contributed by atoms with Crippen LogP contribution in [0.2, 0.25) is 0 Å². The molecule has 2 saturated heterocycles. The molecule has 4 heterocycles. The number of thiazole rings is 1. The average molecular weight is 429 g/mol. The van der Waals surface area contributed by atoms with Crippen LogP contribution in [-0.4, -0.2) is 75.9 Å². The number of hydrogen-bond acceptors (Lipinski definition) is 7. The summed E-state index contributed by atoms with van der Waals surface area (Å²) in [6.07, 6.45) is 6.02. The van der Waals surface area contributed by atoms with Gasteiger partial charge in [-0.2, -0.15) is 0 Å². The minimum Gasteiger partial charge on any atom is -0.344 e. The van der Waals surface area contributed by atoms with Crippen LogP contribution in [0.5, 0.6) is 0 Å². The number of pyridine rings is 1. The zero-order chi connectivity index (χ0) is 20.7. The van der Waals surface area contributed by atoms with Gasteiger partial charge in [-0.3, -0.25) is 14.5 Å². The van der Waals surface area contributed by atoms with Crippen molar-refractivity contribution in [3.05, 3.63) is 18.3 Å². The molecule has 2 aromatic rings. The number of urea groups is 1. The van der Waals surface area contributed by atoms with Gasteiger partial charge in [0.15, 0.2) is 5.13 Å². The molecular weight excluding hydrogens is 404 g/mol. The van der Waals surface area contributed by atoms with Gasteiger partial charge in [0, 0.05) is 32.4 Å². The molecule has 0 aromatic carbocycles. The minimum atomic E-state index is -0.783. The van der Waals surface area contributed by atoms with Crippen molar-refractivity contribution in [2.24, 2.45) is 0 Å². The van der Waals surface area contributed by atoms with Crippen LogP contribution in [-0.2, 0) is 9.59 Å². The van der Waals surface area contributed by atoms with E-state index in [-0.39, 0.29) is 18.4 Å². The van der Waals surface area contributed by atoms with Gasteiger partial charge < -0.3 is 15.1 Å². The summed E-state index contributed by atoms with van der Waals surface area (Å²) >= 11 is 1.55. The Kier molecular flexibility index (Phi) is 4.80. The van der Waals surface area contributed by atoms with Crippen LogP contribution >= 0.6 is 11.3 Å². The van der Waals surface area contributed by atoms with E-state index in [1.807, 2.05) is 12.1 Å². The zero-order valence-corrected chi connectivity index (χ0v) is 17.5. The molecule has 1 saturated carbocycles. The van der Waals surface area contributed by atoms with E-state index >= 15 is 0 Å². The predicted molar refractivity (Wildman–Crippen MR) is 112 cm³/mol. The molecule has 3 fully saturated rings. The van der Waals surface area contributed by atoms with Crippen molar-refractivity contribution in [1.29, 1.82) is 0 Å². The minimum absolute atomic E-state index is 0.183. The fourth-order valence-electron chi connectivity index (χ4n) is 4.59. The SMILES string of the molecule is O=C(CN1C(=O)NC2(CCCCC2)C1=O)N1CCN(c2nc3cccnc3s2)CC1. The van der Waals surface area contributed by atoms with E-state index in [1.165, 1.54) is 0 Å². The van der Waals surface area contributed by atoms with E-state index in [2.05, 4.69) is 20.2 Å². The largest absolute Gasteiger partial charge is 0.344 e. The molecule has 2 aromatic heterocycles. The van der Waals surface area contributed by atoms with E-state index in [0.29, 0.717) is 39.0 Å². The van der Waals surface area contributed by atoms with Crippen molar-refractivity contribution in [2.75, 3.05) is 37.6 Å². The Hall–Kier alpha value is -2.75. The summed E-state index contributed by atoms with van der Waals surface area (Å²) in [4.78, 5) is 53.0. The zero-order valence-electron chi connectivity index (χ0n) is 16.7. The van der Waals surface area contributed by atoms with E-state index in [0.717, 1.165) is 39.6 Å². The summed E-state index contributed by atoms with van der Waals surface area (Å²) in [6.45, 7) is 2.22. The molecule has 1 spiro atoms. The van der Waals surface area contributed by atoms with Gasteiger partial charge in [0.2, 0.25) is 5.91 Å². The summed E-state index contributed by atoms with van der Waals surface area (Å²) < 4.78 is 0. The number of amides is 4.